The first-order valence-electron chi connectivity index (χ1n) is 38.8. The largest absolute Gasteiger partial charge is 0.472 e. The number of carbonyl (C=O) groups excluding carboxylic acids is 3. The molecule has 0 spiro atoms. The van der Waals surface area contributed by atoms with Gasteiger partial charge in [-0.15, -0.1) is 0 Å². The number of phosphoric acid groups is 2. The minimum Gasteiger partial charge on any atom is -0.463 e. The number of hydrogen-bond acceptors (Lipinski definition) is 14. The zero-order valence-electron chi connectivity index (χ0n) is 62.1. The molecule has 0 aromatic rings. The fourth-order valence-electron chi connectivity index (χ4n) is 10.3. The summed E-state index contributed by atoms with van der Waals surface area (Å²) in [5.41, 5.74) is 0. The van der Waals surface area contributed by atoms with Gasteiger partial charge in [0.2, 0.25) is 0 Å². The number of aliphatic hydroxyl groups excluding tert-OH is 2. The average Bonchev–Trinajstić information content (AvgIpc) is 1.26. The summed E-state index contributed by atoms with van der Waals surface area (Å²) in [6.07, 6.45) is 86.9. The van der Waals surface area contributed by atoms with Crippen LogP contribution in [0, 0.1) is 0 Å². The van der Waals surface area contributed by atoms with Crippen molar-refractivity contribution in [2.75, 3.05) is 39.6 Å². The van der Waals surface area contributed by atoms with E-state index < -0.39 is 91.5 Å². The summed E-state index contributed by atoms with van der Waals surface area (Å²) < 4.78 is 61.0. The van der Waals surface area contributed by atoms with Gasteiger partial charge in [0.15, 0.2) is 6.10 Å². The molecule has 0 aliphatic rings. The van der Waals surface area contributed by atoms with Crippen LogP contribution in [0.3, 0.4) is 0 Å². The molecule has 0 bridgehead atoms. The number of esters is 3. The molecular weight excluding hydrogens is 1290 g/mol. The van der Waals surface area contributed by atoms with Gasteiger partial charge in [0.25, 0.3) is 0 Å². The Bertz CT molecular complexity index is 2290. The van der Waals surface area contributed by atoms with Crippen molar-refractivity contribution >= 4 is 33.6 Å². The summed E-state index contributed by atoms with van der Waals surface area (Å²) in [4.78, 5) is 58.5. The molecular formula is C81H140O16P2. The molecule has 0 amide bonds. The molecule has 0 aromatic carbocycles. The van der Waals surface area contributed by atoms with E-state index in [1.54, 1.807) is 0 Å². The molecule has 0 saturated heterocycles. The van der Waals surface area contributed by atoms with Crippen molar-refractivity contribution < 1.29 is 75.8 Å². The third kappa shape index (κ3) is 74.9. The molecule has 16 nitrogen and oxygen atoms in total. The molecule has 0 heterocycles. The van der Waals surface area contributed by atoms with Crippen LogP contribution in [0.1, 0.15) is 316 Å². The molecule has 0 rings (SSSR count). The van der Waals surface area contributed by atoms with Gasteiger partial charge in [-0.25, -0.2) is 9.13 Å². The Morgan fingerprint density at radius 3 is 0.848 bits per heavy atom. The molecule has 0 saturated carbocycles. The van der Waals surface area contributed by atoms with E-state index >= 15 is 0 Å². The average molecular weight is 1430 g/mol. The number of allylic oxidation sites excluding steroid dienone is 20. The molecule has 5 atom stereocenters. The van der Waals surface area contributed by atoms with Gasteiger partial charge in [0, 0.05) is 19.3 Å². The van der Waals surface area contributed by atoms with E-state index in [0.717, 1.165) is 161 Å². The predicted molar refractivity (Wildman–Crippen MR) is 408 cm³/mol. The van der Waals surface area contributed by atoms with Gasteiger partial charge in [-0.05, 0) is 109 Å². The summed E-state index contributed by atoms with van der Waals surface area (Å²) in [5, 5.41) is 20.6. The van der Waals surface area contributed by atoms with Crippen molar-refractivity contribution in [1.29, 1.82) is 0 Å². The maximum atomic E-state index is 12.9. The minimum atomic E-state index is -4.93. The van der Waals surface area contributed by atoms with Crippen LogP contribution >= 0.6 is 15.6 Å². The molecule has 0 fully saturated rings. The predicted octanol–water partition coefficient (Wildman–Crippen LogP) is 22.5. The third-order valence-electron chi connectivity index (χ3n) is 16.2. The number of hydrogen-bond donors (Lipinski definition) is 4. The second kappa shape index (κ2) is 73.7. The van der Waals surface area contributed by atoms with Gasteiger partial charge >= 0.3 is 33.6 Å². The molecule has 0 radical (unpaired) electrons. The van der Waals surface area contributed by atoms with E-state index in [9.17, 15) is 43.5 Å². The monoisotopic (exact) mass is 1430 g/mol. The highest BCUT2D eigenvalue weighted by molar-refractivity contribution is 7.47. The Labute approximate surface area is 602 Å². The number of rotatable bonds is 73. The van der Waals surface area contributed by atoms with E-state index in [1.165, 1.54) is 96.3 Å². The zero-order valence-corrected chi connectivity index (χ0v) is 63.9. The molecule has 4 N–H and O–H groups in total. The van der Waals surface area contributed by atoms with Gasteiger partial charge in [0.05, 0.1) is 26.4 Å². The molecule has 99 heavy (non-hydrogen) atoms. The molecule has 0 aliphatic heterocycles. The van der Waals surface area contributed by atoms with E-state index in [0.29, 0.717) is 19.3 Å². The highest BCUT2D eigenvalue weighted by Gasteiger charge is 2.29. The molecule has 0 aromatic heterocycles. The molecule has 570 valence electrons. The standard InChI is InChI=1S/C81H140O16P2/c1-4-7-10-13-16-19-22-24-26-28-30-32-34-35-36-37-38-39-41-43-44-46-48-50-53-55-58-61-64-67-79(84)91-70-76(82)71-93-98(87,88)94-72-77(83)73-95-99(89,90)96-75-78(97-81(86)69-66-63-60-57-52-21-18-15-12-9-6-3)74-92-80(85)68-65-62-59-56-54-51-49-47-45-42-40-33-31-29-27-25-23-20-17-14-11-8-5-2/h7-8,10-11,16-17,19-20,24-27,30-33,35-36,42,45,76-78,82-83H,4-6,9,12-15,18,21-23,28-29,34,37-41,43-44,46-75H2,1-3H3,(H,87,88)(H,89,90)/b10-7-,11-8-,19-16-,20-17-,26-24-,27-25-,32-30-,33-31-,36-35-,45-42-. The number of phosphoric ester groups is 2. The quantitative estimate of drug-likeness (QED) is 0.0146. The first kappa shape index (κ1) is 94.9. The zero-order chi connectivity index (χ0) is 72.3. The summed E-state index contributed by atoms with van der Waals surface area (Å²) in [6, 6.07) is 0. The Morgan fingerprint density at radius 1 is 0.293 bits per heavy atom. The topological polar surface area (TPSA) is 231 Å². The van der Waals surface area contributed by atoms with Crippen LogP contribution in [-0.4, -0.2) is 95.9 Å². The Hall–Kier alpha value is -4.05. The summed E-state index contributed by atoms with van der Waals surface area (Å²) in [7, 11) is -9.78. The maximum Gasteiger partial charge on any atom is 0.472 e. The van der Waals surface area contributed by atoms with E-state index in [-0.39, 0.29) is 19.3 Å². The van der Waals surface area contributed by atoms with Crippen molar-refractivity contribution in [3.63, 3.8) is 0 Å². The lowest BCUT2D eigenvalue weighted by molar-refractivity contribution is -0.161. The van der Waals surface area contributed by atoms with Gasteiger partial charge < -0.3 is 34.2 Å². The SMILES string of the molecule is CC/C=C\C/C=C\C/C=C\C/C=C\C/C=C\CCCCCCCCCCCCCCCC(=O)OCC(O)COP(=O)(O)OCC(O)COP(=O)(O)OCC(COC(=O)CCCCCCCCC/C=C\C/C=C\C/C=C\C/C=C\C/C=C\CC)OC(=O)CCCCCCCCCCCCC. The lowest BCUT2D eigenvalue weighted by Crippen LogP contribution is -2.30. The van der Waals surface area contributed by atoms with E-state index in [1.807, 2.05) is 0 Å². The van der Waals surface area contributed by atoms with E-state index in [4.69, 9.17) is 32.3 Å². The van der Waals surface area contributed by atoms with Crippen molar-refractivity contribution in [2.45, 2.75) is 334 Å². The lowest BCUT2D eigenvalue weighted by atomic mass is 10.0. The van der Waals surface area contributed by atoms with Gasteiger partial charge in [-0.1, -0.05) is 309 Å². The number of ether oxygens (including phenoxy) is 3. The Balaban J connectivity index is 4.45. The van der Waals surface area contributed by atoms with E-state index in [2.05, 4.69) is 142 Å². The normalized spacial score (nSPS) is 14.7. The van der Waals surface area contributed by atoms with Crippen LogP contribution in [0.5, 0.6) is 0 Å². The van der Waals surface area contributed by atoms with Gasteiger partial charge in [0.1, 0.15) is 25.4 Å². The van der Waals surface area contributed by atoms with Crippen molar-refractivity contribution in [2.24, 2.45) is 0 Å². The van der Waals surface area contributed by atoms with Crippen LogP contribution in [0.25, 0.3) is 0 Å². The summed E-state index contributed by atoms with van der Waals surface area (Å²) in [5.74, 6) is -1.58. The Kier molecular flexibility index (Phi) is 70.7. The second-order valence-electron chi connectivity index (χ2n) is 25.8. The summed E-state index contributed by atoms with van der Waals surface area (Å²) in [6.45, 7) is 2.45. The smallest absolute Gasteiger partial charge is 0.463 e. The fraction of sp³-hybridized carbons (Fsp3) is 0.716. The number of unbranched alkanes of at least 4 members (excludes halogenated alkanes) is 30. The highest BCUT2D eigenvalue weighted by Crippen LogP contribution is 2.45. The van der Waals surface area contributed by atoms with Crippen LogP contribution < -0.4 is 0 Å². The van der Waals surface area contributed by atoms with Crippen LogP contribution in [0.2, 0.25) is 0 Å². The van der Waals surface area contributed by atoms with Crippen molar-refractivity contribution in [1.82, 2.24) is 0 Å². The van der Waals surface area contributed by atoms with Crippen molar-refractivity contribution in [3.05, 3.63) is 122 Å². The third-order valence-corrected chi connectivity index (χ3v) is 18.1. The first-order valence-corrected chi connectivity index (χ1v) is 41.8. The van der Waals surface area contributed by atoms with Gasteiger partial charge in [-0.2, -0.15) is 0 Å². The first-order chi connectivity index (χ1) is 48.2. The van der Waals surface area contributed by atoms with Crippen LogP contribution in [0.4, 0.5) is 0 Å². The fourth-order valence-corrected chi connectivity index (χ4v) is 11.9. The highest BCUT2D eigenvalue weighted by atomic mass is 31.2. The number of carbonyl (C=O) groups is 3. The minimum absolute atomic E-state index is 0.103. The molecule has 0 aliphatic carbocycles. The van der Waals surface area contributed by atoms with Crippen LogP contribution in [-0.2, 0) is 55.8 Å². The number of aliphatic hydroxyl groups is 2. The molecule has 5 unspecified atom stereocenters. The molecule has 18 heteroatoms. The lowest BCUT2D eigenvalue weighted by Gasteiger charge is -2.21. The Morgan fingerprint density at radius 2 is 0.535 bits per heavy atom. The van der Waals surface area contributed by atoms with Gasteiger partial charge in [-0.3, -0.25) is 32.5 Å². The summed E-state index contributed by atoms with van der Waals surface area (Å²) >= 11 is 0. The van der Waals surface area contributed by atoms with Crippen molar-refractivity contribution in [3.8, 4) is 0 Å². The second-order valence-corrected chi connectivity index (χ2v) is 28.7. The van der Waals surface area contributed by atoms with Crippen LogP contribution in [0.15, 0.2) is 122 Å². The maximum absolute atomic E-state index is 12.9.